The number of benzene rings is 1. The van der Waals surface area contributed by atoms with Crippen LogP contribution in [0.25, 0.3) is 0 Å². The predicted molar refractivity (Wildman–Crippen MR) is 90.2 cm³/mol. The van der Waals surface area contributed by atoms with E-state index in [0.29, 0.717) is 10.8 Å². The number of alkyl halides is 1. The number of aliphatic hydroxyl groups excluding tert-OH is 1. The van der Waals surface area contributed by atoms with E-state index >= 15 is 0 Å². The lowest BCUT2D eigenvalue weighted by Crippen LogP contribution is -2.12. The van der Waals surface area contributed by atoms with Crippen LogP contribution in [0.4, 0.5) is 0 Å². The molecule has 0 spiro atoms. The molecule has 1 nitrogen and oxygen atoms in total. The number of rotatable bonds is 0. The Labute approximate surface area is 136 Å². The van der Waals surface area contributed by atoms with Gasteiger partial charge in [0.25, 0.3) is 0 Å². The minimum Gasteiger partial charge on any atom is -0.387 e. The van der Waals surface area contributed by atoms with Crippen molar-refractivity contribution in [2.75, 3.05) is 0 Å². The molecule has 114 valence electrons. The average molecular weight is 349 g/mol. The van der Waals surface area contributed by atoms with Crippen LogP contribution in [-0.2, 0) is 32.1 Å². The lowest BCUT2D eigenvalue weighted by Gasteiger charge is -2.17. The van der Waals surface area contributed by atoms with Crippen molar-refractivity contribution in [2.45, 2.75) is 70.7 Å². The van der Waals surface area contributed by atoms with Crippen LogP contribution < -0.4 is 0 Å². The first kappa shape index (κ1) is 14.3. The quantitative estimate of drug-likeness (QED) is 0.693. The van der Waals surface area contributed by atoms with Crippen molar-refractivity contribution in [2.24, 2.45) is 10.8 Å². The first-order valence-electron chi connectivity index (χ1n) is 8.19. The van der Waals surface area contributed by atoms with Crippen molar-refractivity contribution >= 4 is 15.9 Å². The Bertz CT molecular complexity index is 642. The van der Waals surface area contributed by atoms with Crippen molar-refractivity contribution in [1.29, 1.82) is 0 Å². The van der Waals surface area contributed by atoms with Gasteiger partial charge in [-0.05, 0) is 76.3 Å². The van der Waals surface area contributed by atoms with E-state index < -0.39 is 0 Å². The number of aliphatic hydroxyl groups is 1. The van der Waals surface area contributed by atoms with Crippen LogP contribution in [0, 0.1) is 10.8 Å². The average Bonchev–Trinajstić information content (AvgIpc) is 2.92. The van der Waals surface area contributed by atoms with Crippen molar-refractivity contribution in [1.82, 2.24) is 0 Å². The van der Waals surface area contributed by atoms with Gasteiger partial charge in [-0.3, -0.25) is 0 Å². The largest absolute Gasteiger partial charge is 0.387 e. The van der Waals surface area contributed by atoms with Crippen LogP contribution >= 0.6 is 15.9 Å². The summed E-state index contributed by atoms with van der Waals surface area (Å²) in [5, 5.41) is 10.7. The maximum Gasteiger partial charge on any atom is 0.0923 e. The van der Waals surface area contributed by atoms with Gasteiger partial charge in [-0.25, -0.2) is 0 Å². The summed E-state index contributed by atoms with van der Waals surface area (Å²) in [7, 11) is 0. The molecular weight excluding hydrogens is 324 g/mol. The third-order valence-electron chi connectivity index (χ3n) is 5.77. The molecular formula is C19H25BrO. The SMILES string of the molecule is CC1(C)Cc2c(c3c(c4c2CC(C)(C)C4)C(O)C(Br)C3)C1. The molecule has 0 heterocycles. The van der Waals surface area contributed by atoms with Gasteiger partial charge < -0.3 is 5.11 Å². The fourth-order valence-corrected chi connectivity index (χ4v) is 5.60. The molecule has 1 aromatic carbocycles. The van der Waals surface area contributed by atoms with Crippen LogP contribution in [0.15, 0.2) is 0 Å². The molecule has 21 heavy (non-hydrogen) atoms. The van der Waals surface area contributed by atoms with E-state index in [2.05, 4.69) is 43.6 Å². The lowest BCUT2D eigenvalue weighted by atomic mass is 9.88. The van der Waals surface area contributed by atoms with E-state index in [1.54, 1.807) is 16.7 Å². The van der Waals surface area contributed by atoms with E-state index in [0.717, 1.165) is 12.8 Å². The molecule has 3 aliphatic carbocycles. The molecule has 0 aromatic heterocycles. The minimum absolute atomic E-state index is 0.204. The fraction of sp³-hybridized carbons (Fsp3) is 0.684. The molecule has 2 atom stereocenters. The standard InChI is InChI=1S/C19H25BrO/c1-18(2)6-11-10-5-15(20)17(21)16(10)14-9-19(3,4)8-13(14)12(11)7-18/h15,17,21H,5-9H2,1-4H3. The zero-order chi connectivity index (χ0) is 15.2. The molecule has 1 N–H and O–H groups in total. The highest BCUT2D eigenvalue weighted by Gasteiger charge is 2.44. The zero-order valence-corrected chi connectivity index (χ0v) is 15.1. The number of fused-ring (bicyclic) bond motifs is 6. The van der Waals surface area contributed by atoms with Crippen LogP contribution in [-0.4, -0.2) is 9.93 Å². The first-order chi connectivity index (χ1) is 9.69. The number of halogens is 1. The maximum absolute atomic E-state index is 10.7. The molecule has 3 aliphatic rings. The number of hydrogen-bond acceptors (Lipinski definition) is 1. The molecule has 2 unspecified atom stereocenters. The van der Waals surface area contributed by atoms with Gasteiger partial charge in [-0.2, -0.15) is 0 Å². The maximum atomic E-state index is 10.7. The summed E-state index contributed by atoms with van der Waals surface area (Å²) in [6.45, 7) is 9.53. The lowest BCUT2D eigenvalue weighted by molar-refractivity contribution is 0.186. The second-order valence-electron chi connectivity index (χ2n) is 9.01. The Hall–Kier alpha value is -0.340. The summed E-state index contributed by atoms with van der Waals surface area (Å²) >= 11 is 3.71. The topological polar surface area (TPSA) is 20.2 Å². The Balaban J connectivity index is 1.99. The molecule has 0 radical (unpaired) electrons. The summed E-state index contributed by atoms with van der Waals surface area (Å²) in [6, 6.07) is 0. The van der Waals surface area contributed by atoms with Gasteiger partial charge in [0.15, 0.2) is 0 Å². The Morgan fingerprint density at radius 1 is 0.810 bits per heavy atom. The molecule has 0 aliphatic heterocycles. The van der Waals surface area contributed by atoms with E-state index in [-0.39, 0.29) is 10.9 Å². The summed E-state index contributed by atoms with van der Waals surface area (Å²) in [5.74, 6) is 0. The van der Waals surface area contributed by atoms with Gasteiger partial charge >= 0.3 is 0 Å². The van der Waals surface area contributed by atoms with E-state index in [4.69, 9.17) is 0 Å². The predicted octanol–water partition coefficient (Wildman–Crippen LogP) is 4.29. The van der Waals surface area contributed by atoms with Crippen molar-refractivity contribution in [3.05, 3.63) is 33.4 Å². The van der Waals surface area contributed by atoms with Gasteiger partial charge in [0.05, 0.1) is 6.10 Å². The summed E-state index contributed by atoms with van der Waals surface area (Å²) in [4.78, 5) is 0.204. The molecule has 1 aromatic rings. The van der Waals surface area contributed by atoms with Crippen molar-refractivity contribution in [3.8, 4) is 0 Å². The van der Waals surface area contributed by atoms with E-state index in [9.17, 15) is 5.11 Å². The molecule has 0 saturated carbocycles. The molecule has 0 fully saturated rings. The van der Waals surface area contributed by atoms with E-state index in [1.165, 1.54) is 36.0 Å². The summed E-state index contributed by atoms with van der Waals surface area (Å²) in [6.07, 6.45) is 5.42. The second kappa shape index (κ2) is 4.14. The highest BCUT2D eigenvalue weighted by Crippen LogP contribution is 2.53. The van der Waals surface area contributed by atoms with E-state index in [1.807, 2.05) is 0 Å². The molecule has 4 rings (SSSR count). The van der Waals surface area contributed by atoms with Gasteiger partial charge in [0.2, 0.25) is 0 Å². The van der Waals surface area contributed by atoms with Gasteiger partial charge in [0, 0.05) is 4.83 Å². The summed E-state index contributed by atoms with van der Waals surface area (Å²) in [5.41, 5.74) is 9.85. The molecule has 0 bridgehead atoms. The Morgan fingerprint density at radius 2 is 1.24 bits per heavy atom. The molecule has 2 heteroatoms. The van der Waals surface area contributed by atoms with Gasteiger partial charge in [-0.15, -0.1) is 0 Å². The van der Waals surface area contributed by atoms with Crippen LogP contribution in [0.3, 0.4) is 0 Å². The molecule has 0 amide bonds. The molecule has 0 saturated heterocycles. The van der Waals surface area contributed by atoms with Crippen molar-refractivity contribution < 1.29 is 5.11 Å². The van der Waals surface area contributed by atoms with Crippen LogP contribution in [0.2, 0.25) is 0 Å². The number of hydrogen-bond donors (Lipinski definition) is 1. The van der Waals surface area contributed by atoms with Crippen LogP contribution in [0.1, 0.15) is 67.2 Å². The van der Waals surface area contributed by atoms with Crippen molar-refractivity contribution in [3.63, 3.8) is 0 Å². The summed E-state index contributed by atoms with van der Waals surface area (Å²) < 4.78 is 0. The Morgan fingerprint density at radius 3 is 1.81 bits per heavy atom. The highest BCUT2D eigenvalue weighted by molar-refractivity contribution is 9.09. The normalized spacial score (nSPS) is 31.1. The van der Waals surface area contributed by atoms with Gasteiger partial charge in [-0.1, -0.05) is 43.6 Å². The smallest absolute Gasteiger partial charge is 0.0923 e. The Kier molecular flexibility index (Phi) is 2.81. The van der Waals surface area contributed by atoms with Gasteiger partial charge in [0.1, 0.15) is 0 Å². The first-order valence-corrected chi connectivity index (χ1v) is 9.10. The third-order valence-corrected chi connectivity index (χ3v) is 6.59. The highest BCUT2D eigenvalue weighted by atomic mass is 79.9. The minimum atomic E-state index is -0.309. The monoisotopic (exact) mass is 348 g/mol. The second-order valence-corrected chi connectivity index (χ2v) is 10.2. The van der Waals surface area contributed by atoms with Crippen LogP contribution in [0.5, 0.6) is 0 Å². The fourth-order valence-electron chi connectivity index (χ4n) is 5.01. The third kappa shape index (κ3) is 1.98. The zero-order valence-electron chi connectivity index (χ0n) is 13.5.